The highest BCUT2D eigenvalue weighted by Crippen LogP contribution is 2.28. The maximum Gasteiger partial charge on any atom is 0.0581 e. The van der Waals surface area contributed by atoms with Crippen LogP contribution in [0.4, 0.5) is 0 Å². The van der Waals surface area contributed by atoms with Crippen molar-refractivity contribution in [2.24, 2.45) is 5.92 Å². The fourth-order valence-corrected chi connectivity index (χ4v) is 1.50. The van der Waals surface area contributed by atoms with E-state index in [0.29, 0.717) is 6.10 Å². The quantitative estimate of drug-likeness (QED) is 0.634. The minimum atomic E-state index is 0.573. The lowest BCUT2D eigenvalue weighted by molar-refractivity contribution is -0.0233. The Hall–Kier alpha value is -0.0800. The topological polar surface area (TPSA) is 21.3 Å². The SMILES string of the molecule is CCOC1CC(CNC)C1. The van der Waals surface area contributed by atoms with Gasteiger partial charge in [0.05, 0.1) is 6.10 Å². The normalized spacial score (nSPS) is 31.8. The van der Waals surface area contributed by atoms with Gasteiger partial charge >= 0.3 is 0 Å². The van der Waals surface area contributed by atoms with Gasteiger partial charge in [-0.3, -0.25) is 0 Å². The Morgan fingerprint density at radius 2 is 2.20 bits per heavy atom. The van der Waals surface area contributed by atoms with Crippen molar-refractivity contribution in [1.29, 1.82) is 0 Å². The van der Waals surface area contributed by atoms with Gasteiger partial charge in [0.15, 0.2) is 0 Å². The maximum atomic E-state index is 5.43. The molecular formula is C8H17NO. The largest absolute Gasteiger partial charge is 0.378 e. The van der Waals surface area contributed by atoms with E-state index in [4.69, 9.17) is 4.74 Å². The van der Waals surface area contributed by atoms with Crippen LogP contribution in [0.2, 0.25) is 0 Å². The molecule has 0 aliphatic heterocycles. The Labute approximate surface area is 63.0 Å². The summed E-state index contributed by atoms with van der Waals surface area (Å²) in [5.74, 6) is 0.876. The van der Waals surface area contributed by atoms with Crippen molar-refractivity contribution in [1.82, 2.24) is 5.32 Å². The van der Waals surface area contributed by atoms with Gasteiger partial charge in [0, 0.05) is 6.61 Å². The van der Waals surface area contributed by atoms with Crippen molar-refractivity contribution in [2.75, 3.05) is 20.2 Å². The molecule has 0 amide bonds. The van der Waals surface area contributed by atoms with Crippen molar-refractivity contribution in [3.8, 4) is 0 Å². The summed E-state index contributed by atoms with van der Waals surface area (Å²) < 4.78 is 5.43. The van der Waals surface area contributed by atoms with Crippen LogP contribution in [0.5, 0.6) is 0 Å². The highest BCUT2D eigenvalue weighted by molar-refractivity contribution is 4.80. The molecule has 0 atom stereocenters. The van der Waals surface area contributed by atoms with E-state index < -0.39 is 0 Å². The van der Waals surface area contributed by atoms with E-state index in [9.17, 15) is 0 Å². The minimum Gasteiger partial charge on any atom is -0.378 e. The second-order valence-electron chi connectivity index (χ2n) is 2.97. The average Bonchev–Trinajstić information content (AvgIpc) is 1.84. The van der Waals surface area contributed by atoms with E-state index in [2.05, 4.69) is 12.2 Å². The predicted octanol–water partition coefficient (Wildman–Crippen LogP) is 1.02. The Bertz CT molecular complexity index is 79.3. The van der Waals surface area contributed by atoms with Gasteiger partial charge in [0.25, 0.3) is 0 Å². The van der Waals surface area contributed by atoms with E-state index in [-0.39, 0.29) is 0 Å². The van der Waals surface area contributed by atoms with E-state index in [1.54, 1.807) is 0 Å². The molecule has 0 aromatic heterocycles. The van der Waals surface area contributed by atoms with Crippen molar-refractivity contribution < 1.29 is 4.74 Å². The Balaban J connectivity index is 1.95. The molecule has 0 aromatic carbocycles. The molecule has 10 heavy (non-hydrogen) atoms. The van der Waals surface area contributed by atoms with Crippen LogP contribution in [0.3, 0.4) is 0 Å². The summed E-state index contributed by atoms with van der Waals surface area (Å²) in [6.07, 6.45) is 3.09. The molecule has 0 saturated heterocycles. The van der Waals surface area contributed by atoms with Gasteiger partial charge in [-0.15, -0.1) is 0 Å². The van der Waals surface area contributed by atoms with Crippen LogP contribution in [0.15, 0.2) is 0 Å². The summed E-state index contributed by atoms with van der Waals surface area (Å²) in [6.45, 7) is 4.09. The van der Waals surface area contributed by atoms with Crippen LogP contribution in [0.25, 0.3) is 0 Å². The number of hydrogen-bond acceptors (Lipinski definition) is 2. The zero-order chi connectivity index (χ0) is 7.40. The zero-order valence-corrected chi connectivity index (χ0v) is 6.89. The molecule has 1 N–H and O–H groups in total. The van der Waals surface area contributed by atoms with Crippen molar-refractivity contribution >= 4 is 0 Å². The second kappa shape index (κ2) is 3.94. The van der Waals surface area contributed by atoms with Crippen molar-refractivity contribution in [3.05, 3.63) is 0 Å². The zero-order valence-electron chi connectivity index (χ0n) is 6.89. The number of hydrogen-bond donors (Lipinski definition) is 1. The third kappa shape index (κ3) is 1.96. The van der Waals surface area contributed by atoms with E-state index in [1.807, 2.05) is 7.05 Å². The summed E-state index contributed by atoms with van der Waals surface area (Å²) >= 11 is 0. The molecule has 1 fully saturated rings. The highest BCUT2D eigenvalue weighted by atomic mass is 16.5. The molecule has 0 unspecified atom stereocenters. The van der Waals surface area contributed by atoms with E-state index >= 15 is 0 Å². The number of nitrogens with one attached hydrogen (secondary N) is 1. The lowest BCUT2D eigenvalue weighted by Crippen LogP contribution is -2.36. The van der Waals surface area contributed by atoms with Gasteiger partial charge in [0.1, 0.15) is 0 Å². The molecule has 1 aliphatic carbocycles. The second-order valence-corrected chi connectivity index (χ2v) is 2.97. The molecule has 1 saturated carbocycles. The van der Waals surface area contributed by atoms with Crippen molar-refractivity contribution in [3.63, 3.8) is 0 Å². The Kier molecular flexibility index (Phi) is 3.16. The molecule has 2 heteroatoms. The summed E-state index contributed by atoms with van der Waals surface area (Å²) in [7, 11) is 2.01. The van der Waals surface area contributed by atoms with Gasteiger partial charge in [-0.1, -0.05) is 0 Å². The molecule has 0 heterocycles. The summed E-state index contributed by atoms with van der Waals surface area (Å²) in [4.78, 5) is 0. The third-order valence-corrected chi connectivity index (χ3v) is 2.09. The average molecular weight is 143 g/mol. The lowest BCUT2D eigenvalue weighted by Gasteiger charge is -2.34. The number of rotatable bonds is 4. The fraction of sp³-hybridized carbons (Fsp3) is 1.00. The minimum absolute atomic E-state index is 0.573. The van der Waals surface area contributed by atoms with Crippen molar-refractivity contribution in [2.45, 2.75) is 25.9 Å². The van der Waals surface area contributed by atoms with E-state index in [0.717, 1.165) is 19.1 Å². The molecule has 1 rings (SSSR count). The first-order chi connectivity index (χ1) is 4.86. The first-order valence-corrected chi connectivity index (χ1v) is 4.13. The van der Waals surface area contributed by atoms with Crippen LogP contribution >= 0.6 is 0 Å². The summed E-state index contributed by atoms with van der Waals surface area (Å²) in [6, 6.07) is 0. The molecule has 0 aromatic rings. The first-order valence-electron chi connectivity index (χ1n) is 4.13. The standard InChI is InChI=1S/C8H17NO/c1-3-10-8-4-7(5-8)6-9-2/h7-9H,3-6H2,1-2H3. The molecule has 2 nitrogen and oxygen atoms in total. The van der Waals surface area contributed by atoms with Crippen LogP contribution in [0.1, 0.15) is 19.8 Å². The number of ether oxygens (including phenoxy) is 1. The van der Waals surface area contributed by atoms with Crippen LogP contribution in [-0.2, 0) is 4.74 Å². The Morgan fingerprint density at radius 1 is 1.50 bits per heavy atom. The van der Waals surface area contributed by atoms with Gasteiger partial charge in [-0.25, -0.2) is 0 Å². The van der Waals surface area contributed by atoms with Gasteiger partial charge < -0.3 is 10.1 Å². The highest BCUT2D eigenvalue weighted by Gasteiger charge is 2.28. The van der Waals surface area contributed by atoms with Crippen LogP contribution in [0, 0.1) is 5.92 Å². The molecule has 0 spiro atoms. The van der Waals surface area contributed by atoms with Gasteiger partial charge in [-0.2, -0.15) is 0 Å². The van der Waals surface area contributed by atoms with E-state index in [1.165, 1.54) is 12.8 Å². The Morgan fingerprint density at radius 3 is 2.70 bits per heavy atom. The fourth-order valence-electron chi connectivity index (χ4n) is 1.50. The molecule has 0 bridgehead atoms. The smallest absolute Gasteiger partial charge is 0.0581 e. The maximum absolute atomic E-state index is 5.43. The summed E-state index contributed by atoms with van der Waals surface area (Å²) in [5.41, 5.74) is 0. The molecule has 60 valence electrons. The third-order valence-electron chi connectivity index (χ3n) is 2.09. The van der Waals surface area contributed by atoms with Gasteiger partial charge in [-0.05, 0) is 39.3 Å². The predicted molar refractivity (Wildman–Crippen MR) is 42.1 cm³/mol. The first kappa shape index (κ1) is 8.02. The van der Waals surface area contributed by atoms with Gasteiger partial charge in [0.2, 0.25) is 0 Å². The van der Waals surface area contributed by atoms with Crippen LogP contribution in [-0.4, -0.2) is 26.3 Å². The van der Waals surface area contributed by atoms with Crippen LogP contribution < -0.4 is 5.32 Å². The lowest BCUT2D eigenvalue weighted by atomic mass is 9.82. The molecule has 1 aliphatic rings. The monoisotopic (exact) mass is 143 g/mol. The molecule has 0 radical (unpaired) electrons. The summed E-state index contributed by atoms with van der Waals surface area (Å²) in [5, 5.41) is 3.18. The molecular weight excluding hydrogens is 126 g/mol.